The normalized spacial score (nSPS) is 10.3. The van der Waals surface area contributed by atoms with Gasteiger partial charge in [0.1, 0.15) is 29.7 Å². The van der Waals surface area contributed by atoms with Gasteiger partial charge in [0.25, 0.3) is 5.56 Å². The lowest BCUT2D eigenvalue weighted by atomic mass is 10.0. The molecule has 1 heterocycles. The van der Waals surface area contributed by atoms with Crippen LogP contribution in [0.4, 0.5) is 5.69 Å². The molecule has 8 nitrogen and oxygen atoms in total. The average molecular weight is 405 g/mol. The van der Waals surface area contributed by atoms with Crippen LogP contribution in [0, 0.1) is 11.3 Å². The molecule has 0 saturated heterocycles. The number of ether oxygens (including phenoxy) is 2. The van der Waals surface area contributed by atoms with Gasteiger partial charge in [0.15, 0.2) is 0 Å². The third-order valence-corrected chi connectivity index (χ3v) is 4.48. The van der Waals surface area contributed by atoms with Crippen LogP contribution < -0.4 is 20.3 Å². The molecule has 0 bridgehead atoms. The molecule has 1 aromatic heterocycles. The zero-order valence-electron chi connectivity index (χ0n) is 16.1. The first-order valence-electron chi connectivity index (χ1n) is 8.64. The second-order valence-electron chi connectivity index (χ2n) is 5.82. The smallest absolute Gasteiger partial charge is 0.285 e. The Morgan fingerprint density at radius 2 is 1.93 bits per heavy atom. The summed E-state index contributed by atoms with van der Waals surface area (Å²) in [7, 11) is 2.89. The maximum Gasteiger partial charge on any atom is 0.285 e. The standard InChI is InChI=1S/C19H21ClN4O4/c1-5-11-12(9-21)19(26)24(23-14(11)6-2)10-18(25)22-15-8-16(27-3)13(20)7-17(15)28-4/h7-8H,5-6,10H2,1-4H3,(H,22,25). The van der Waals surface area contributed by atoms with E-state index in [1.807, 2.05) is 19.9 Å². The molecule has 0 unspecified atom stereocenters. The van der Waals surface area contributed by atoms with Crippen LogP contribution in [0.2, 0.25) is 5.02 Å². The van der Waals surface area contributed by atoms with E-state index >= 15 is 0 Å². The number of nitrogens with one attached hydrogen (secondary N) is 1. The van der Waals surface area contributed by atoms with Crippen molar-refractivity contribution in [2.24, 2.45) is 0 Å². The Morgan fingerprint density at radius 3 is 2.46 bits per heavy atom. The van der Waals surface area contributed by atoms with Crippen molar-refractivity contribution in [3.63, 3.8) is 0 Å². The molecular formula is C19H21ClN4O4. The zero-order chi connectivity index (χ0) is 20.8. The van der Waals surface area contributed by atoms with E-state index in [2.05, 4.69) is 10.4 Å². The van der Waals surface area contributed by atoms with Gasteiger partial charge in [-0.25, -0.2) is 4.68 Å². The van der Waals surface area contributed by atoms with Crippen molar-refractivity contribution in [3.8, 4) is 17.6 Å². The Labute approximate surface area is 167 Å². The summed E-state index contributed by atoms with van der Waals surface area (Å²) in [6, 6.07) is 4.97. The lowest BCUT2D eigenvalue weighted by molar-refractivity contribution is -0.117. The van der Waals surface area contributed by atoms with Gasteiger partial charge in [-0.2, -0.15) is 10.4 Å². The molecule has 2 rings (SSSR count). The van der Waals surface area contributed by atoms with E-state index in [-0.39, 0.29) is 12.1 Å². The van der Waals surface area contributed by atoms with Gasteiger partial charge < -0.3 is 14.8 Å². The number of aryl methyl sites for hydroxylation is 1. The number of nitrogens with zero attached hydrogens (tertiary/aromatic N) is 3. The fourth-order valence-corrected chi connectivity index (χ4v) is 3.06. The summed E-state index contributed by atoms with van der Waals surface area (Å²) in [5.41, 5.74) is 1.01. The molecular weight excluding hydrogens is 384 g/mol. The zero-order valence-corrected chi connectivity index (χ0v) is 16.9. The number of nitriles is 1. The minimum Gasteiger partial charge on any atom is -0.495 e. The third kappa shape index (κ3) is 4.26. The Hall–Kier alpha value is -3.05. The fraction of sp³-hybridized carbons (Fsp3) is 0.368. The van der Waals surface area contributed by atoms with Gasteiger partial charge >= 0.3 is 0 Å². The lowest BCUT2D eigenvalue weighted by Crippen LogP contribution is -2.33. The second kappa shape index (κ2) is 9.24. The highest BCUT2D eigenvalue weighted by Crippen LogP contribution is 2.35. The average Bonchev–Trinajstić information content (AvgIpc) is 2.69. The number of benzene rings is 1. The van der Waals surface area contributed by atoms with Crippen LogP contribution in [0.1, 0.15) is 30.7 Å². The SMILES string of the molecule is CCc1nn(CC(=O)Nc2cc(OC)c(Cl)cc2OC)c(=O)c(C#N)c1CC. The van der Waals surface area contributed by atoms with Crippen LogP contribution in [0.5, 0.6) is 11.5 Å². The van der Waals surface area contributed by atoms with Gasteiger partial charge in [0.2, 0.25) is 5.91 Å². The van der Waals surface area contributed by atoms with Crippen molar-refractivity contribution < 1.29 is 14.3 Å². The molecule has 9 heteroatoms. The van der Waals surface area contributed by atoms with Crippen molar-refractivity contribution >= 4 is 23.2 Å². The van der Waals surface area contributed by atoms with Gasteiger partial charge in [-0.15, -0.1) is 0 Å². The summed E-state index contributed by atoms with van der Waals surface area (Å²) < 4.78 is 11.4. The van der Waals surface area contributed by atoms with Crippen molar-refractivity contribution in [2.75, 3.05) is 19.5 Å². The monoisotopic (exact) mass is 404 g/mol. The Balaban J connectivity index is 2.37. The number of halogens is 1. The highest BCUT2D eigenvalue weighted by molar-refractivity contribution is 6.32. The predicted octanol–water partition coefficient (Wildman–Crippen LogP) is 2.55. The maximum atomic E-state index is 12.5. The van der Waals surface area contributed by atoms with Crippen molar-refractivity contribution in [1.29, 1.82) is 5.26 Å². The van der Waals surface area contributed by atoms with E-state index in [1.54, 1.807) is 0 Å². The predicted molar refractivity (Wildman–Crippen MR) is 105 cm³/mol. The summed E-state index contributed by atoms with van der Waals surface area (Å²) in [4.78, 5) is 25.1. The van der Waals surface area contributed by atoms with Gasteiger partial charge in [-0.3, -0.25) is 9.59 Å². The van der Waals surface area contributed by atoms with Crippen LogP contribution >= 0.6 is 11.6 Å². The van der Waals surface area contributed by atoms with Gasteiger partial charge in [0, 0.05) is 12.1 Å². The summed E-state index contributed by atoms with van der Waals surface area (Å²) in [5, 5.41) is 16.6. The Bertz CT molecular complexity index is 995. The largest absolute Gasteiger partial charge is 0.495 e. The van der Waals surface area contributed by atoms with E-state index in [0.29, 0.717) is 46.3 Å². The van der Waals surface area contributed by atoms with Crippen molar-refractivity contribution in [3.05, 3.63) is 44.3 Å². The van der Waals surface area contributed by atoms with Gasteiger partial charge in [0.05, 0.1) is 30.6 Å². The molecule has 1 aromatic carbocycles. The van der Waals surface area contributed by atoms with Crippen LogP contribution in [0.15, 0.2) is 16.9 Å². The first kappa shape index (κ1) is 21.3. The van der Waals surface area contributed by atoms with E-state index in [4.69, 9.17) is 21.1 Å². The Morgan fingerprint density at radius 1 is 1.25 bits per heavy atom. The highest BCUT2D eigenvalue weighted by Gasteiger charge is 2.18. The van der Waals surface area contributed by atoms with Crippen LogP contribution in [-0.2, 0) is 24.2 Å². The molecule has 0 radical (unpaired) electrons. The minimum atomic E-state index is -0.590. The number of amides is 1. The second-order valence-corrected chi connectivity index (χ2v) is 6.22. The molecule has 0 spiro atoms. The molecule has 0 fully saturated rings. The molecule has 1 amide bonds. The van der Waals surface area contributed by atoms with Crippen molar-refractivity contribution in [2.45, 2.75) is 33.2 Å². The quantitative estimate of drug-likeness (QED) is 0.760. The van der Waals surface area contributed by atoms with E-state index < -0.39 is 11.5 Å². The minimum absolute atomic E-state index is 0.0212. The first-order valence-corrected chi connectivity index (χ1v) is 9.02. The molecule has 2 aromatic rings. The molecule has 1 N–H and O–H groups in total. The number of carbonyl (C=O) groups excluding carboxylic acids is 1. The van der Waals surface area contributed by atoms with Gasteiger partial charge in [-0.1, -0.05) is 25.4 Å². The summed E-state index contributed by atoms with van der Waals surface area (Å²) in [6.07, 6.45) is 1.06. The maximum absolute atomic E-state index is 12.5. The number of hydrogen-bond acceptors (Lipinski definition) is 6. The van der Waals surface area contributed by atoms with E-state index in [0.717, 1.165) is 4.68 Å². The molecule has 0 aliphatic rings. The molecule has 0 aliphatic heterocycles. The molecule has 0 saturated carbocycles. The number of carbonyl (C=O) groups is 1. The topological polar surface area (TPSA) is 106 Å². The number of hydrogen-bond donors (Lipinski definition) is 1. The van der Waals surface area contributed by atoms with Crippen LogP contribution in [0.25, 0.3) is 0 Å². The fourth-order valence-electron chi connectivity index (χ4n) is 2.83. The van der Waals surface area contributed by atoms with Crippen LogP contribution in [0.3, 0.4) is 0 Å². The molecule has 0 aliphatic carbocycles. The number of rotatable bonds is 7. The summed E-state index contributed by atoms with van der Waals surface area (Å²) in [6.45, 7) is 3.38. The van der Waals surface area contributed by atoms with Crippen LogP contribution in [-0.4, -0.2) is 29.9 Å². The number of anilines is 1. The first-order chi connectivity index (χ1) is 13.4. The Kier molecular flexibility index (Phi) is 7.01. The van der Waals surface area contributed by atoms with Gasteiger partial charge in [-0.05, 0) is 18.4 Å². The van der Waals surface area contributed by atoms with Crippen molar-refractivity contribution in [1.82, 2.24) is 9.78 Å². The summed E-state index contributed by atoms with van der Waals surface area (Å²) >= 11 is 6.06. The lowest BCUT2D eigenvalue weighted by Gasteiger charge is -2.14. The van der Waals surface area contributed by atoms with E-state index in [1.165, 1.54) is 26.4 Å². The molecule has 28 heavy (non-hydrogen) atoms. The molecule has 0 atom stereocenters. The molecule has 148 valence electrons. The van der Waals surface area contributed by atoms with E-state index in [9.17, 15) is 14.9 Å². The highest BCUT2D eigenvalue weighted by atomic mass is 35.5. The number of aromatic nitrogens is 2. The summed E-state index contributed by atoms with van der Waals surface area (Å²) in [5.74, 6) is 0.195. The third-order valence-electron chi connectivity index (χ3n) is 4.18. The number of methoxy groups -OCH3 is 2.